The van der Waals surface area contributed by atoms with Gasteiger partial charge in [0.05, 0.1) is 17.1 Å². The Kier molecular flexibility index (Phi) is 7.05. The molecule has 0 aliphatic carbocycles. The molecule has 0 aliphatic rings. The molecule has 0 saturated heterocycles. The van der Waals surface area contributed by atoms with Crippen LogP contribution in [-0.2, 0) is 13.2 Å². The van der Waals surface area contributed by atoms with Crippen molar-refractivity contribution in [3.63, 3.8) is 0 Å². The lowest BCUT2D eigenvalue weighted by atomic mass is 10.1. The first-order valence-corrected chi connectivity index (χ1v) is 11.0. The molecule has 1 amide bonds. The zero-order chi connectivity index (χ0) is 23.2. The third-order valence-electron chi connectivity index (χ3n) is 5.11. The van der Waals surface area contributed by atoms with Gasteiger partial charge in [0.1, 0.15) is 12.4 Å². The molecule has 3 aromatic carbocycles. The van der Waals surface area contributed by atoms with Crippen LogP contribution in [0.1, 0.15) is 35.7 Å². The number of hydrogen-bond donors (Lipinski definition) is 0. The van der Waals surface area contributed by atoms with Gasteiger partial charge in [0.25, 0.3) is 5.91 Å². The zero-order valence-electron chi connectivity index (χ0n) is 18.4. The second kappa shape index (κ2) is 10.3. The summed E-state index contributed by atoms with van der Waals surface area (Å²) in [5.74, 6) is 1.37. The van der Waals surface area contributed by atoms with Crippen molar-refractivity contribution in [2.45, 2.75) is 33.0 Å². The molecule has 4 aromatic rings. The summed E-state index contributed by atoms with van der Waals surface area (Å²) in [6.45, 7) is 4.53. The van der Waals surface area contributed by atoms with Crippen molar-refractivity contribution in [3.8, 4) is 17.2 Å². The van der Waals surface area contributed by atoms with Crippen molar-refractivity contribution >= 4 is 17.5 Å². The first-order chi connectivity index (χ1) is 16.0. The fourth-order valence-corrected chi connectivity index (χ4v) is 3.50. The fraction of sp³-hybridized carbons (Fsp3) is 0.192. The van der Waals surface area contributed by atoms with E-state index < -0.39 is 0 Å². The Morgan fingerprint density at radius 3 is 2.36 bits per heavy atom. The minimum Gasteiger partial charge on any atom is -0.489 e. The molecule has 4 rings (SSSR count). The molecular formula is C26H24ClN3O3. The second-order valence-corrected chi connectivity index (χ2v) is 8.21. The van der Waals surface area contributed by atoms with E-state index in [4.69, 9.17) is 20.8 Å². The smallest absolute Gasteiger partial charge is 0.254 e. The van der Waals surface area contributed by atoms with Gasteiger partial charge in [0.2, 0.25) is 11.8 Å². The lowest BCUT2D eigenvalue weighted by Crippen LogP contribution is -2.36. The maximum atomic E-state index is 13.2. The highest BCUT2D eigenvalue weighted by Gasteiger charge is 2.22. The van der Waals surface area contributed by atoms with E-state index in [1.165, 1.54) is 0 Å². The van der Waals surface area contributed by atoms with E-state index in [0.717, 1.165) is 11.3 Å². The standard InChI is InChI=1S/C26H24ClN3O3/c1-18(2)30(16-24-28-29-25(33-24)22-10-6-7-11-23(22)27)26(31)20-14-12-19(13-15-20)17-32-21-8-4-3-5-9-21/h3-15,18H,16-17H2,1-2H3. The van der Waals surface area contributed by atoms with Crippen LogP contribution in [-0.4, -0.2) is 27.0 Å². The molecular weight excluding hydrogens is 438 g/mol. The van der Waals surface area contributed by atoms with E-state index in [1.807, 2.05) is 86.6 Å². The number of halogens is 1. The Labute approximate surface area is 197 Å². The van der Waals surface area contributed by atoms with E-state index in [1.54, 1.807) is 11.0 Å². The van der Waals surface area contributed by atoms with Gasteiger partial charge in [-0.3, -0.25) is 4.79 Å². The third-order valence-corrected chi connectivity index (χ3v) is 5.44. The van der Waals surface area contributed by atoms with Crippen LogP contribution in [0, 0.1) is 0 Å². The van der Waals surface area contributed by atoms with E-state index in [0.29, 0.717) is 34.5 Å². The summed E-state index contributed by atoms with van der Waals surface area (Å²) in [4.78, 5) is 14.9. The molecule has 7 heteroatoms. The van der Waals surface area contributed by atoms with E-state index in [-0.39, 0.29) is 18.5 Å². The molecule has 1 heterocycles. The Bertz CT molecular complexity index is 1210. The highest BCUT2D eigenvalue weighted by atomic mass is 35.5. The number of carbonyl (C=O) groups excluding carboxylic acids is 1. The van der Waals surface area contributed by atoms with Crippen LogP contribution in [0.5, 0.6) is 5.75 Å². The fourth-order valence-electron chi connectivity index (χ4n) is 3.29. The maximum absolute atomic E-state index is 13.2. The first kappa shape index (κ1) is 22.6. The van der Waals surface area contributed by atoms with Crippen LogP contribution in [0.15, 0.2) is 83.3 Å². The molecule has 6 nitrogen and oxygen atoms in total. The predicted molar refractivity (Wildman–Crippen MR) is 127 cm³/mol. The highest BCUT2D eigenvalue weighted by Crippen LogP contribution is 2.26. The SMILES string of the molecule is CC(C)N(Cc1nnc(-c2ccccc2Cl)o1)C(=O)c1ccc(COc2ccccc2)cc1. The maximum Gasteiger partial charge on any atom is 0.254 e. The van der Waals surface area contributed by atoms with Crippen LogP contribution in [0.25, 0.3) is 11.5 Å². The van der Waals surface area contributed by atoms with Crippen LogP contribution in [0.3, 0.4) is 0 Å². The van der Waals surface area contributed by atoms with Gasteiger partial charge in [0.15, 0.2) is 0 Å². The molecule has 0 N–H and O–H groups in total. The minimum atomic E-state index is -0.113. The van der Waals surface area contributed by atoms with E-state index >= 15 is 0 Å². The molecule has 0 saturated carbocycles. The van der Waals surface area contributed by atoms with Gasteiger partial charge in [-0.2, -0.15) is 0 Å². The number of para-hydroxylation sites is 1. The first-order valence-electron chi connectivity index (χ1n) is 10.7. The van der Waals surface area contributed by atoms with Crippen LogP contribution < -0.4 is 4.74 Å². The summed E-state index contributed by atoms with van der Waals surface area (Å²) in [6, 6.07) is 24.2. The Morgan fingerprint density at radius 2 is 1.67 bits per heavy atom. The van der Waals surface area contributed by atoms with Crippen molar-refractivity contribution in [3.05, 3.63) is 101 Å². The molecule has 0 aliphatic heterocycles. The number of nitrogens with zero attached hydrogens (tertiary/aromatic N) is 3. The number of rotatable bonds is 8. The summed E-state index contributed by atoms with van der Waals surface area (Å²) in [7, 11) is 0. The van der Waals surface area contributed by atoms with Crippen molar-refractivity contribution in [1.29, 1.82) is 0 Å². The molecule has 0 fully saturated rings. The normalized spacial score (nSPS) is 10.9. The van der Waals surface area contributed by atoms with Crippen LogP contribution in [0.2, 0.25) is 5.02 Å². The summed E-state index contributed by atoms with van der Waals surface area (Å²) < 4.78 is 11.6. The molecule has 168 valence electrons. The van der Waals surface area contributed by atoms with Gasteiger partial charge in [-0.15, -0.1) is 10.2 Å². The highest BCUT2D eigenvalue weighted by molar-refractivity contribution is 6.33. The molecule has 33 heavy (non-hydrogen) atoms. The zero-order valence-corrected chi connectivity index (χ0v) is 19.2. The van der Waals surface area contributed by atoms with Crippen molar-refractivity contribution in [2.75, 3.05) is 0 Å². The Hall–Kier alpha value is -3.64. The lowest BCUT2D eigenvalue weighted by molar-refractivity contribution is 0.0672. The number of amides is 1. The summed E-state index contributed by atoms with van der Waals surface area (Å²) >= 11 is 6.22. The van der Waals surface area contributed by atoms with Crippen LogP contribution >= 0.6 is 11.6 Å². The van der Waals surface area contributed by atoms with Crippen LogP contribution in [0.4, 0.5) is 0 Å². The van der Waals surface area contributed by atoms with Gasteiger partial charge in [0, 0.05) is 11.6 Å². The predicted octanol–water partition coefficient (Wildman–Crippen LogP) is 6.02. The summed E-state index contributed by atoms with van der Waals surface area (Å²) in [6.07, 6.45) is 0. The van der Waals surface area contributed by atoms with E-state index in [2.05, 4.69) is 10.2 Å². The van der Waals surface area contributed by atoms with Crippen molar-refractivity contribution < 1.29 is 13.9 Å². The van der Waals surface area contributed by atoms with Gasteiger partial charge < -0.3 is 14.1 Å². The van der Waals surface area contributed by atoms with Gasteiger partial charge in [-0.1, -0.05) is 54.1 Å². The largest absolute Gasteiger partial charge is 0.489 e. The average Bonchev–Trinajstić information content (AvgIpc) is 3.30. The number of benzene rings is 3. The molecule has 0 atom stereocenters. The van der Waals surface area contributed by atoms with Crippen molar-refractivity contribution in [1.82, 2.24) is 15.1 Å². The number of carbonyl (C=O) groups is 1. The topological polar surface area (TPSA) is 68.5 Å². The summed E-state index contributed by atoms with van der Waals surface area (Å²) in [5, 5.41) is 8.74. The average molecular weight is 462 g/mol. The van der Waals surface area contributed by atoms with Crippen molar-refractivity contribution in [2.24, 2.45) is 0 Å². The van der Waals surface area contributed by atoms with Gasteiger partial charge in [-0.05, 0) is 55.8 Å². The number of aromatic nitrogens is 2. The van der Waals surface area contributed by atoms with E-state index in [9.17, 15) is 4.79 Å². The molecule has 0 spiro atoms. The Morgan fingerprint density at radius 1 is 0.970 bits per heavy atom. The van der Waals surface area contributed by atoms with Gasteiger partial charge >= 0.3 is 0 Å². The molecule has 0 unspecified atom stereocenters. The minimum absolute atomic E-state index is 0.0609. The number of ether oxygens (including phenoxy) is 1. The molecule has 1 aromatic heterocycles. The molecule has 0 radical (unpaired) electrons. The Balaban J connectivity index is 1.44. The lowest BCUT2D eigenvalue weighted by Gasteiger charge is -2.25. The van der Waals surface area contributed by atoms with Gasteiger partial charge in [-0.25, -0.2) is 0 Å². The monoisotopic (exact) mass is 461 g/mol. The molecule has 0 bridgehead atoms. The second-order valence-electron chi connectivity index (χ2n) is 7.81. The number of hydrogen-bond acceptors (Lipinski definition) is 5. The summed E-state index contributed by atoms with van der Waals surface area (Å²) in [5.41, 5.74) is 2.22. The third kappa shape index (κ3) is 5.59. The quantitative estimate of drug-likeness (QED) is 0.321.